The first-order valence-corrected chi connectivity index (χ1v) is 6.82. The normalized spacial score (nSPS) is 22.9. The molecule has 1 saturated carbocycles. The molecule has 0 spiro atoms. The van der Waals surface area contributed by atoms with E-state index >= 15 is 0 Å². The molecule has 2 fully saturated rings. The smallest absolute Gasteiger partial charge is 0.208 e. The number of nitrogens with one attached hydrogen (secondary N) is 1. The van der Waals surface area contributed by atoms with E-state index in [0.717, 1.165) is 51.0 Å². The highest BCUT2D eigenvalue weighted by atomic mass is 15.4. The maximum absolute atomic E-state index is 5.53. The summed E-state index contributed by atoms with van der Waals surface area (Å²) >= 11 is 0. The van der Waals surface area contributed by atoms with Gasteiger partial charge >= 0.3 is 0 Å². The van der Waals surface area contributed by atoms with Crippen molar-refractivity contribution in [3.8, 4) is 0 Å². The van der Waals surface area contributed by atoms with Gasteiger partial charge in [-0.1, -0.05) is 6.92 Å². The van der Waals surface area contributed by atoms with Crippen LogP contribution >= 0.6 is 0 Å². The van der Waals surface area contributed by atoms with Crippen molar-refractivity contribution in [2.45, 2.75) is 26.2 Å². The molecule has 0 amide bonds. The Morgan fingerprint density at radius 1 is 1.29 bits per heavy atom. The minimum absolute atomic E-state index is 0.849. The van der Waals surface area contributed by atoms with Gasteiger partial charge in [-0.05, 0) is 25.2 Å². The molecule has 0 aromatic carbocycles. The standard InChI is InChI=1S/C12H25N5/c1-2-5-14-12(15-13)17-8-6-16(7-9-17)10-11-3-4-11/h11H,2-10,13H2,1H3,(H,14,15). The number of guanidine groups is 1. The van der Waals surface area contributed by atoms with Gasteiger partial charge in [-0.3, -0.25) is 15.3 Å². The Labute approximate surface area is 104 Å². The van der Waals surface area contributed by atoms with Crippen LogP contribution in [0.4, 0.5) is 0 Å². The maximum atomic E-state index is 5.53. The van der Waals surface area contributed by atoms with Crippen molar-refractivity contribution in [3.05, 3.63) is 0 Å². The summed E-state index contributed by atoms with van der Waals surface area (Å²) in [5.74, 6) is 7.38. The van der Waals surface area contributed by atoms with Gasteiger partial charge in [0.2, 0.25) is 5.96 Å². The van der Waals surface area contributed by atoms with E-state index < -0.39 is 0 Å². The Kier molecular flexibility index (Phi) is 4.62. The number of rotatable bonds is 4. The first-order valence-electron chi connectivity index (χ1n) is 6.82. The zero-order chi connectivity index (χ0) is 12.1. The number of aliphatic imine (C=N–C) groups is 1. The quantitative estimate of drug-likeness (QED) is 0.319. The lowest BCUT2D eigenvalue weighted by molar-refractivity contribution is 0.173. The van der Waals surface area contributed by atoms with E-state index in [0.29, 0.717) is 0 Å². The highest BCUT2D eigenvalue weighted by Crippen LogP contribution is 2.29. The number of nitrogens with two attached hydrogens (primary N) is 1. The van der Waals surface area contributed by atoms with E-state index in [1.807, 2.05) is 0 Å². The molecule has 0 aromatic heterocycles. The third kappa shape index (κ3) is 3.85. The minimum Gasteiger partial charge on any atom is -0.339 e. The second-order valence-electron chi connectivity index (χ2n) is 5.08. The highest BCUT2D eigenvalue weighted by molar-refractivity contribution is 5.79. The largest absolute Gasteiger partial charge is 0.339 e. The Balaban J connectivity index is 1.75. The van der Waals surface area contributed by atoms with Crippen molar-refractivity contribution >= 4 is 5.96 Å². The molecule has 98 valence electrons. The van der Waals surface area contributed by atoms with Gasteiger partial charge in [-0.15, -0.1) is 0 Å². The number of hydrazine groups is 1. The Hall–Kier alpha value is -0.810. The van der Waals surface area contributed by atoms with Gasteiger partial charge in [0.05, 0.1) is 0 Å². The fourth-order valence-corrected chi connectivity index (χ4v) is 2.26. The summed E-state index contributed by atoms with van der Waals surface area (Å²) in [5.41, 5.74) is 2.73. The number of hydrogen-bond donors (Lipinski definition) is 2. The molecule has 0 radical (unpaired) electrons. The van der Waals surface area contributed by atoms with Crippen LogP contribution in [0.1, 0.15) is 26.2 Å². The molecule has 1 aliphatic carbocycles. The minimum atomic E-state index is 0.849. The van der Waals surface area contributed by atoms with Crippen molar-refractivity contribution in [3.63, 3.8) is 0 Å². The van der Waals surface area contributed by atoms with Crippen LogP contribution in [0.5, 0.6) is 0 Å². The lowest BCUT2D eigenvalue weighted by Crippen LogP contribution is -2.54. The molecule has 3 N–H and O–H groups in total. The fourth-order valence-electron chi connectivity index (χ4n) is 2.26. The molecular weight excluding hydrogens is 214 g/mol. The van der Waals surface area contributed by atoms with Gasteiger partial charge in [0.25, 0.3) is 0 Å². The summed E-state index contributed by atoms with van der Waals surface area (Å²) in [5, 5.41) is 0. The summed E-state index contributed by atoms with van der Waals surface area (Å²) < 4.78 is 0. The summed E-state index contributed by atoms with van der Waals surface area (Å²) in [6.07, 6.45) is 3.94. The Morgan fingerprint density at radius 3 is 2.53 bits per heavy atom. The Bertz CT molecular complexity index is 254. The van der Waals surface area contributed by atoms with Gasteiger partial charge in [0.15, 0.2) is 0 Å². The van der Waals surface area contributed by atoms with Crippen molar-refractivity contribution < 1.29 is 0 Å². The Morgan fingerprint density at radius 2 is 2.00 bits per heavy atom. The lowest BCUT2D eigenvalue weighted by Gasteiger charge is -2.36. The topological polar surface area (TPSA) is 56.9 Å². The van der Waals surface area contributed by atoms with Gasteiger partial charge in [0.1, 0.15) is 0 Å². The van der Waals surface area contributed by atoms with Gasteiger partial charge < -0.3 is 4.90 Å². The molecule has 0 unspecified atom stereocenters. The first-order chi connectivity index (χ1) is 8.33. The van der Waals surface area contributed by atoms with E-state index in [1.165, 1.54) is 19.4 Å². The van der Waals surface area contributed by atoms with E-state index in [4.69, 9.17) is 5.84 Å². The second-order valence-corrected chi connectivity index (χ2v) is 5.08. The monoisotopic (exact) mass is 239 g/mol. The molecule has 1 aliphatic heterocycles. The lowest BCUT2D eigenvalue weighted by atomic mass is 10.3. The van der Waals surface area contributed by atoms with Gasteiger partial charge in [-0.25, -0.2) is 5.84 Å². The van der Waals surface area contributed by atoms with Crippen molar-refractivity contribution in [1.29, 1.82) is 0 Å². The van der Waals surface area contributed by atoms with Crippen molar-refractivity contribution in [1.82, 2.24) is 15.2 Å². The summed E-state index contributed by atoms with van der Waals surface area (Å²) in [6.45, 7) is 8.64. The molecule has 0 aromatic rings. The number of nitrogens with zero attached hydrogens (tertiary/aromatic N) is 3. The molecule has 2 aliphatic rings. The number of hydrogen-bond acceptors (Lipinski definition) is 3. The fraction of sp³-hybridized carbons (Fsp3) is 0.917. The van der Waals surface area contributed by atoms with Crippen LogP contribution in [0.3, 0.4) is 0 Å². The van der Waals surface area contributed by atoms with Gasteiger partial charge in [0, 0.05) is 39.3 Å². The van der Waals surface area contributed by atoms with Crippen LogP contribution in [0, 0.1) is 5.92 Å². The highest BCUT2D eigenvalue weighted by Gasteiger charge is 2.26. The van der Waals surface area contributed by atoms with E-state index in [1.54, 1.807) is 0 Å². The van der Waals surface area contributed by atoms with E-state index in [9.17, 15) is 0 Å². The molecule has 17 heavy (non-hydrogen) atoms. The summed E-state index contributed by atoms with van der Waals surface area (Å²) in [7, 11) is 0. The zero-order valence-electron chi connectivity index (χ0n) is 10.9. The zero-order valence-corrected chi connectivity index (χ0v) is 10.9. The predicted octanol–water partition coefficient (Wildman–Crippen LogP) is 0.243. The summed E-state index contributed by atoms with van der Waals surface area (Å²) in [6, 6.07) is 0. The second kappa shape index (κ2) is 6.21. The molecule has 0 atom stereocenters. The SMILES string of the molecule is CCCN=C(NN)N1CCN(CC2CC2)CC1. The van der Waals surface area contributed by atoms with Crippen LogP contribution in [0.2, 0.25) is 0 Å². The average molecular weight is 239 g/mol. The summed E-state index contributed by atoms with van der Waals surface area (Å²) in [4.78, 5) is 9.31. The van der Waals surface area contributed by atoms with Crippen LogP contribution in [0.15, 0.2) is 4.99 Å². The van der Waals surface area contributed by atoms with E-state index in [-0.39, 0.29) is 0 Å². The molecule has 1 saturated heterocycles. The van der Waals surface area contributed by atoms with Crippen LogP contribution in [-0.4, -0.2) is 55.0 Å². The molecule has 5 heteroatoms. The molecule has 2 rings (SSSR count). The molecule has 1 heterocycles. The van der Waals surface area contributed by atoms with E-state index in [2.05, 4.69) is 27.1 Å². The average Bonchev–Trinajstić information content (AvgIpc) is 3.16. The van der Waals surface area contributed by atoms with Crippen LogP contribution in [0.25, 0.3) is 0 Å². The van der Waals surface area contributed by atoms with Crippen molar-refractivity contribution in [2.24, 2.45) is 16.8 Å². The molecule has 5 nitrogen and oxygen atoms in total. The van der Waals surface area contributed by atoms with Crippen LogP contribution < -0.4 is 11.3 Å². The third-order valence-corrected chi connectivity index (χ3v) is 3.50. The molecular formula is C12H25N5. The molecule has 0 bridgehead atoms. The van der Waals surface area contributed by atoms with Gasteiger partial charge in [-0.2, -0.15) is 0 Å². The predicted molar refractivity (Wildman–Crippen MR) is 70.7 cm³/mol. The maximum Gasteiger partial charge on any atom is 0.208 e. The van der Waals surface area contributed by atoms with Crippen LogP contribution in [-0.2, 0) is 0 Å². The first kappa shape index (κ1) is 12.6. The number of piperazine rings is 1. The van der Waals surface area contributed by atoms with Crippen molar-refractivity contribution in [2.75, 3.05) is 39.3 Å². The third-order valence-electron chi connectivity index (χ3n) is 3.50.